The first-order valence-corrected chi connectivity index (χ1v) is 11.8. The molecule has 0 N–H and O–H groups in total. The highest BCUT2D eigenvalue weighted by Crippen LogP contribution is 2.36. The minimum absolute atomic E-state index is 0.104. The molecule has 1 aromatic carbocycles. The van der Waals surface area contributed by atoms with Crippen LogP contribution in [-0.2, 0) is 9.59 Å². The second kappa shape index (κ2) is 11.5. The summed E-state index contributed by atoms with van der Waals surface area (Å²) in [5, 5.41) is 0. The zero-order chi connectivity index (χ0) is 20.5. The van der Waals surface area contributed by atoms with Crippen LogP contribution in [0.4, 0.5) is 0 Å². The quantitative estimate of drug-likeness (QED) is 0.306. The van der Waals surface area contributed by atoms with Gasteiger partial charge in [0.15, 0.2) is 0 Å². The summed E-state index contributed by atoms with van der Waals surface area (Å²) >= 11 is 1.49. The van der Waals surface area contributed by atoms with Crippen LogP contribution in [0.5, 0.6) is 0 Å². The number of thioether (sulfide) groups is 1. The van der Waals surface area contributed by atoms with E-state index in [4.69, 9.17) is 0 Å². The standard InChI is InChI=1S/C24H35NO2S/c1-5-7-8-9-10-11-12-13-16-25-23(26)21(22(24(25)27)28-6-2)20-15-14-18(3)19(4)17-20/h14-15,17H,5-13,16H2,1-4H3. The van der Waals surface area contributed by atoms with Crippen molar-refractivity contribution in [3.8, 4) is 0 Å². The van der Waals surface area contributed by atoms with E-state index in [1.165, 1.54) is 60.8 Å². The zero-order valence-corrected chi connectivity index (χ0v) is 18.8. The molecule has 28 heavy (non-hydrogen) atoms. The van der Waals surface area contributed by atoms with Gasteiger partial charge in [-0.1, -0.05) is 77.0 Å². The number of hydrogen-bond donors (Lipinski definition) is 0. The van der Waals surface area contributed by atoms with Crippen molar-refractivity contribution < 1.29 is 9.59 Å². The lowest BCUT2D eigenvalue weighted by Crippen LogP contribution is -2.32. The molecule has 0 atom stereocenters. The predicted octanol–water partition coefficient (Wildman–Crippen LogP) is 6.28. The first kappa shape index (κ1) is 22.7. The highest BCUT2D eigenvalue weighted by molar-refractivity contribution is 8.04. The molecule has 1 aliphatic rings. The molecule has 1 aliphatic heterocycles. The van der Waals surface area contributed by atoms with Gasteiger partial charge in [-0.25, -0.2) is 0 Å². The molecule has 2 rings (SSSR count). The molecular formula is C24H35NO2S. The summed E-state index contributed by atoms with van der Waals surface area (Å²) in [7, 11) is 0. The van der Waals surface area contributed by atoms with E-state index in [1.807, 2.05) is 32.0 Å². The third-order valence-corrected chi connectivity index (χ3v) is 6.40. The van der Waals surface area contributed by atoms with Crippen LogP contribution >= 0.6 is 11.8 Å². The molecule has 0 saturated heterocycles. The van der Waals surface area contributed by atoms with Crippen molar-refractivity contribution in [2.75, 3.05) is 12.3 Å². The van der Waals surface area contributed by atoms with Crippen molar-refractivity contribution in [1.82, 2.24) is 4.90 Å². The minimum atomic E-state index is -0.118. The molecule has 1 heterocycles. The van der Waals surface area contributed by atoms with Gasteiger partial charge in [0.25, 0.3) is 11.8 Å². The van der Waals surface area contributed by atoms with Gasteiger partial charge < -0.3 is 0 Å². The van der Waals surface area contributed by atoms with E-state index in [0.717, 1.165) is 29.7 Å². The van der Waals surface area contributed by atoms with E-state index in [0.29, 0.717) is 17.0 Å². The Labute approximate surface area is 175 Å². The van der Waals surface area contributed by atoms with Crippen LogP contribution in [0, 0.1) is 13.8 Å². The first-order chi connectivity index (χ1) is 13.5. The Balaban J connectivity index is 1.99. The number of unbranched alkanes of at least 4 members (excludes halogenated alkanes) is 7. The fourth-order valence-corrected chi connectivity index (χ4v) is 4.46. The second-order valence-electron chi connectivity index (χ2n) is 7.67. The largest absolute Gasteiger partial charge is 0.274 e. The Kier molecular flexibility index (Phi) is 9.30. The Hall–Kier alpha value is -1.55. The Bertz CT molecular complexity index is 723. The summed E-state index contributed by atoms with van der Waals surface area (Å²) < 4.78 is 0. The van der Waals surface area contributed by atoms with E-state index in [2.05, 4.69) is 13.8 Å². The lowest BCUT2D eigenvalue weighted by atomic mass is 10.0. The number of aryl methyl sites for hydroxylation is 2. The first-order valence-electron chi connectivity index (χ1n) is 10.8. The van der Waals surface area contributed by atoms with Gasteiger partial charge in [-0.05, 0) is 42.7 Å². The van der Waals surface area contributed by atoms with Gasteiger partial charge in [-0.15, -0.1) is 11.8 Å². The number of carbonyl (C=O) groups excluding carboxylic acids is 2. The number of nitrogens with zero attached hydrogens (tertiary/aromatic N) is 1. The van der Waals surface area contributed by atoms with Crippen LogP contribution in [0.15, 0.2) is 23.1 Å². The fourth-order valence-electron chi connectivity index (χ4n) is 3.59. The third kappa shape index (κ3) is 5.73. The average Bonchev–Trinajstić information content (AvgIpc) is 2.90. The average molecular weight is 402 g/mol. The molecule has 2 amide bonds. The van der Waals surface area contributed by atoms with E-state index in [1.54, 1.807) is 0 Å². The van der Waals surface area contributed by atoms with E-state index >= 15 is 0 Å². The van der Waals surface area contributed by atoms with Crippen molar-refractivity contribution in [3.05, 3.63) is 39.8 Å². The van der Waals surface area contributed by atoms with Gasteiger partial charge >= 0.3 is 0 Å². The maximum Gasteiger partial charge on any atom is 0.267 e. The van der Waals surface area contributed by atoms with Crippen LogP contribution < -0.4 is 0 Å². The highest BCUT2D eigenvalue weighted by Gasteiger charge is 2.38. The summed E-state index contributed by atoms with van der Waals surface area (Å²) in [6, 6.07) is 6.04. The molecule has 4 heteroatoms. The summed E-state index contributed by atoms with van der Waals surface area (Å²) in [6.07, 6.45) is 9.63. The van der Waals surface area contributed by atoms with Crippen molar-refractivity contribution in [3.63, 3.8) is 0 Å². The smallest absolute Gasteiger partial charge is 0.267 e. The van der Waals surface area contributed by atoms with Gasteiger partial charge in [-0.2, -0.15) is 0 Å². The van der Waals surface area contributed by atoms with E-state index in [9.17, 15) is 9.59 Å². The van der Waals surface area contributed by atoms with E-state index < -0.39 is 0 Å². The predicted molar refractivity (Wildman–Crippen MR) is 120 cm³/mol. The normalized spacial score (nSPS) is 14.5. The molecule has 0 radical (unpaired) electrons. The highest BCUT2D eigenvalue weighted by atomic mass is 32.2. The topological polar surface area (TPSA) is 37.4 Å². The lowest BCUT2D eigenvalue weighted by molar-refractivity contribution is -0.136. The van der Waals surface area contributed by atoms with Crippen LogP contribution in [0.3, 0.4) is 0 Å². The van der Waals surface area contributed by atoms with Gasteiger partial charge in [0.1, 0.15) is 0 Å². The summed E-state index contributed by atoms with van der Waals surface area (Å²) in [6.45, 7) is 8.90. The number of benzene rings is 1. The number of imide groups is 1. The molecule has 3 nitrogen and oxygen atoms in total. The number of hydrogen-bond acceptors (Lipinski definition) is 3. The maximum atomic E-state index is 13.1. The van der Waals surface area contributed by atoms with Gasteiger partial charge in [0.05, 0.1) is 10.5 Å². The Morgan fingerprint density at radius 1 is 0.821 bits per heavy atom. The number of amides is 2. The second-order valence-corrected chi connectivity index (χ2v) is 8.95. The monoisotopic (exact) mass is 401 g/mol. The lowest BCUT2D eigenvalue weighted by Gasteiger charge is -2.15. The van der Waals surface area contributed by atoms with E-state index in [-0.39, 0.29) is 11.8 Å². The van der Waals surface area contributed by atoms with Crippen molar-refractivity contribution in [1.29, 1.82) is 0 Å². The Morgan fingerprint density at radius 3 is 2.07 bits per heavy atom. The number of carbonyl (C=O) groups is 2. The van der Waals surface area contributed by atoms with Gasteiger partial charge in [0.2, 0.25) is 0 Å². The third-order valence-electron chi connectivity index (χ3n) is 5.45. The Morgan fingerprint density at radius 2 is 1.46 bits per heavy atom. The molecule has 0 aliphatic carbocycles. The molecule has 154 valence electrons. The fraction of sp³-hybridized carbons (Fsp3) is 0.583. The number of rotatable bonds is 12. The van der Waals surface area contributed by atoms with Gasteiger partial charge in [0, 0.05) is 6.54 Å². The van der Waals surface area contributed by atoms with Crippen LogP contribution in [0.25, 0.3) is 5.57 Å². The molecule has 0 aromatic heterocycles. The molecule has 0 bridgehead atoms. The molecule has 0 fully saturated rings. The van der Waals surface area contributed by atoms with Crippen molar-refractivity contribution in [2.45, 2.75) is 79.1 Å². The molecule has 0 saturated carbocycles. The van der Waals surface area contributed by atoms with Crippen LogP contribution in [-0.4, -0.2) is 29.0 Å². The summed E-state index contributed by atoms with van der Waals surface area (Å²) in [4.78, 5) is 28.1. The zero-order valence-electron chi connectivity index (χ0n) is 18.0. The SMILES string of the molecule is CCCCCCCCCCN1C(=O)C(SCC)=C(c2ccc(C)c(C)c2)C1=O. The molecular weight excluding hydrogens is 366 g/mol. The maximum absolute atomic E-state index is 13.1. The molecule has 1 aromatic rings. The van der Waals surface area contributed by atoms with Crippen molar-refractivity contribution >= 4 is 29.1 Å². The van der Waals surface area contributed by atoms with Crippen LogP contribution in [0.2, 0.25) is 0 Å². The summed E-state index contributed by atoms with van der Waals surface area (Å²) in [5.41, 5.74) is 3.81. The summed E-state index contributed by atoms with van der Waals surface area (Å²) in [5.74, 6) is 0.564. The van der Waals surface area contributed by atoms with Gasteiger partial charge in [-0.3, -0.25) is 14.5 Å². The minimum Gasteiger partial charge on any atom is -0.274 e. The van der Waals surface area contributed by atoms with Crippen LogP contribution in [0.1, 0.15) is 81.9 Å². The molecule has 0 unspecified atom stereocenters. The molecule has 0 spiro atoms. The van der Waals surface area contributed by atoms with Crippen molar-refractivity contribution in [2.24, 2.45) is 0 Å².